The highest BCUT2D eigenvalue weighted by Crippen LogP contribution is 2.19. The molecular weight excluding hydrogens is 295 g/mol. The monoisotopic (exact) mass is 312 g/mol. The van der Waals surface area contributed by atoms with Crippen LogP contribution in [-0.2, 0) is 10.9 Å². The lowest BCUT2D eigenvalue weighted by Gasteiger charge is -2.13. The molecule has 1 N–H and O–H groups in total. The van der Waals surface area contributed by atoms with E-state index in [0.29, 0.717) is 18.8 Å². The maximum absolute atomic E-state index is 11.6. The summed E-state index contributed by atoms with van der Waals surface area (Å²) >= 11 is 0.606. The van der Waals surface area contributed by atoms with Gasteiger partial charge in [0.25, 0.3) is 0 Å². The number of nitrogens with zero attached hydrogens (tertiary/aromatic N) is 1. The first kappa shape index (κ1) is 17.0. The summed E-state index contributed by atoms with van der Waals surface area (Å²) in [4.78, 5) is 0. The summed E-state index contributed by atoms with van der Waals surface area (Å²) in [6, 6.07) is 18.4. The van der Waals surface area contributed by atoms with Gasteiger partial charge in [0, 0.05) is 13.6 Å². The summed E-state index contributed by atoms with van der Waals surface area (Å²) in [5.74, 6) is 0. The number of hydrazine groups is 1. The van der Waals surface area contributed by atoms with Gasteiger partial charge in [0.15, 0.2) is 0 Å². The number of hydrogen-bond donors (Lipinski definition) is 1. The largest absolute Gasteiger partial charge is 0.239 e. The van der Waals surface area contributed by atoms with E-state index in [1.54, 1.807) is 7.05 Å². The molecule has 0 radical (unpaired) electrons. The molecule has 3 nitrogen and oxygen atoms in total. The van der Waals surface area contributed by atoms with Crippen LogP contribution in [0.15, 0.2) is 54.6 Å². The number of nitrogens with one attached hydrogen (secondary N) is 1. The van der Waals surface area contributed by atoms with Crippen LogP contribution < -0.4 is 5.43 Å². The Hall–Kier alpha value is -1.05. The Balaban J connectivity index is 0.00000200. The highest BCUT2D eigenvalue weighted by molar-refractivity contribution is 7.92. The SMILES string of the molecule is CN(NCc1ccc(-c2ccccc2)cc1)SOF.S. The molecule has 2 aromatic carbocycles. The standard InChI is InChI=1S/C14H15FN2OS.H2S/c1-17(19-18-15)16-11-12-7-9-14(10-8-12)13-5-3-2-4-6-13;/h2-10,16H,11H2,1H3;1H2. The molecular formula is C14H17FN2OS2. The van der Waals surface area contributed by atoms with Crippen molar-refractivity contribution >= 4 is 25.7 Å². The molecule has 0 aliphatic rings. The number of halogens is 1. The van der Waals surface area contributed by atoms with Crippen molar-refractivity contribution in [3.8, 4) is 11.1 Å². The van der Waals surface area contributed by atoms with E-state index in [1.165, 1.54) is 15.5 Å². The fourth-order valence-corrected chi connectivity index (χ4v) is 1.92. The fraction of sp³-hybridized carbons (Fsp3) is 0.143. The highest BCUT2D eigenvalue weighted by atomic mass is 32.2. The Morgan fingerprint density at radius 3 is 2.25 bits per heavy atom. The third-order valence-electron chi connectivity index (χ3n) is 2.71. The van der Waals surface area contributed by atoms with Crippen molar-refractivity contribution in [1.29, 1.82) is 0 Å². The number of rotatable bonds is 6. The zero-order valence-corrected chi connectivity index (χ0v) is 12.9. The Labute approximate surface area is 129 Å². The summed E-state index contributed by atoms with van der Waals surface area (Å²) < 4.78 is 16.5. The van der Waals surface area contributed by atoms with Gasteiger partial charge < -0.3 is 0 Å². The van der Waals surface area contributed by atoms with Crippen LogP contribution in [0.5, 0.6) is 0 Å². The Kier molecular flexibility index (Phi) is 7.64. The summed E-state index contributed by atoms with van der Waals surface area (Å²) in [5.41, 5.74) is 6.48. The van der Waals surface area contributed by atoms with E-state index in [-0.39, 0.29) is 13.5 Å². The van der Waals surface area contributed by atoms with Gasteiger partial charge >= 0.3 is 0 Å². The van der Waals surface area contributed by atoms with Gasteiger partial charge in [-0.1, -0.05) is 54.6 Å². The summed E-state index contributed by atoms with van der Waals surface area (Å²) in [5, 5.41) is 0. The molecule has 6 heteroatoms. The molecule has 0 saturated carbocycles. The first-order valence-corrected chi connectivity index (χ1v) is 6.56. The van der Waals surface area contributed by atoms with E-state index < -0.39 is 0 Å². The second-order valence-corrected chi connectivity index (χ2v) is 4.86. The Morgan fingerprint density at radius 2 is 1.65 bits per heavy atom. The van der Waals surface area contributed by atoms with Gasteiger partial charge in [-0.3, -0.25) is 0 Å². The molecule has 0 saturated heterocycles. The Bertz CT molecular complexity index is 496. The van der Waals surface area contributed by atoms with E-state index in [1.807, 2.05) is 30.3 Å². The smallest absolute Gasteiger partial charge is 0.141 e. The average Bonchev–Trinajstić information content (AvgIpc) is 2.47. The van der Waals surface area contributed by atoms with Crippen LogP contribution in [0.25, 0.3) is 11.1 Å². The zero-order valence-electron chi connectivity index (χ0n) is 11.0. The van der Waals surface area contributed by atoms with Crippen molar-refractivity contribution in [1.82, 2.24) is 9.84 Å². The van der Waals surface area contributed by atoms with E-state index >= 15 is 0 Å². The minimum atomic E-state index is 0. The second-order valence-electron chi connectivity index (χ2n) is 4.03. The maximum Gasteiger partial charge on any atom is 0.141 e. The minimum absolute atomic E-state index is 0. The molecule has 0 aliphatic heterocycles. The highest BCUT2D eigenvalue weighted by Gasteiger charge is 2.01. The molecule has 0 bridgehead atoms. The van der Waals surface area contributed by atoms with Crippen molar-refractivity contribution in [2.45, 2.75) is 6.54 Å². The summed E-state index contributed by atoms with van der Waals surface area (Å²) in [7, 11) is 1.68. The third-order valence-corrected chi connectivity index (χ3v) is 3.12. The molecule has 0 unspecified atom stereocenters. The number of hydrogen-bond acceptors (Lipinski definition) is 4. The Morgan fingerprint density at radius 1 is 1.05 bits per heavy atom. The van der Waals surface area contributed by atoms with Crippen molar-refractivity contribution in [2.24, 2.45) is 0 Å². The zero-order chi connectivity index (χ0) is 13.5. The molecule has 0 fully saturated rings. The van der Waals surface area contributed by atoms with E-state index in [9.17, 15) is 4.53 Å². The van der Waals surface area contributed by atoms with Crippen LogP contribution in [0.4, 0.5) is 4.53 Å². The molecule has 2 rings (SSSR count). The van der Waals surface area contributed by atoms with Crippen LogP contribution in [0, 0.1) is 0 Å². The molecule has 0 aliphatic carbocycles. The summed E-state index contributed by atoms with van der Waals surface area (Å²) in [6.45, 7) is 0.613. The lowest BCUT2D eigenvalue weighted by molar-refractivity contribution is 0.0149. The predicted octanol–water partition coefficient (Wildman–Crippen LogP) is 3.87. The third kappa shape index (κ3) is 5.15. The molecule has 2 aromatic rings. The first-order chi connectivity index (χ1) is 9.29. The van der Waals surface area contributed by atoms with Crippen LogP contribution in [0.3, 0.4) is 0 Å². The van der Waals surface area contributed by atoms with Gasteiger partial charge in [-0.15, -0.1) is 4.39 Å². The normalized spacial score (nSPS) is 10.3. The van der Waals surface area contributed by atoms with Crippen LogP contribution in [0.1, 0.15) is 5.56 Å². The molecule has 0 atom stereocenters. The minimum Gasteiger partial charge on any atom is -0.239 e. The quantitative estimate of drug-likeness (QED) is 0.497. The lowest BCUT2D eigenvalue weighted by atomic mass is 10.0. The van der Waals surface area contributed by atoms with Crippen LogP contribution in [0.2, 0.25) is 0 Å². The van der Waals surface area contributed by atoms with Crippen LogP contribution >= 0.6 is 25.7 Å². The predicted molar refractivity (Wildman–Crippen MR) is 86.6 cm³/mol. The summed E-state index contributed by atoms with van der Waals surface area (Å²) in [6.07, 6.45) is 0. The molecule has 20 heavy (non-hydrogen) atoms. The average molecular weight is 312 g/mol. The van der Waals surface area contributed by atoms with Gasteiger partial charge in [-0.25, -0.2) is 5.43 Å². The van der Waals surface area contributed by atoms with Crippen molar-refractivity contribution in [2.75, 3.05) is 7.05 Å². The lowest BCUT2D eigenvalue weighted by Crippen LogP contribution is -2.27. The van der Waals surface area contributed by atoms with Crippen molar-refractivity contribution in [3.63, 3.8) is 0 Å². The topological polar surface area (TPSA) is 24.5 Å². The number of benzene rings is 2. The van der Waals surface area contributed by atoms with Gasteiger partial charge in [-0.05, 0) is 21.2 Å². The molecule has 0 spiro atoms. The van der Waals surface area contributed by atoms with E-state index in [0.717, 1.165) is 5.56 Å². The van der Waals surface area contributed by atoms with Gasteiger partial charge in [0.2, 0.25) is 0 Å². The van der Waals surface area contributed by atoms with Gasteiger partial charge in [0.1, 0.15) is 12.2 Å². The van der Waals surface area contributed by atoms with Gasteiger partial charge in [0.05, 0.1) is 0 Å². The maximum atomic E-state index is 11.6. The first-order valence-electron chi connectivity index (χ1n) is 5.86. The van der Waals surface area contributed by atoms with Crippen molar-refractivity contribution < 1.29 is 8.91 Å². The fourth-order valence-electron chi connectivity index (χ4n) is 1.72. The molecule has 0 aromatic heterocycles. The second kappa shape index (κ2) is 8.99. The van der Waals surface area contributed by atoms with Crippen molar-refractivity contribution in [3.05, 3.63) is 60.2 Å². The molecule has 0 amide bonds. The van der Waals surface area contributed by atoms with E-state index in [4.69, 9.17) is 0 Å². The van der Waals surface area contributed by atoms with Gasteiger partial charge in [-0.2, -0.15) is 17.9 Å². The molecule has 0 heterocycles. The van der Waals surface area contributed by atoms with E-state index in [2.05, 4.69) is 34.1 Å². The molecule has 108 valence electrons. The van der Waals surface area contributed by atoms with Crippen LogP contribution in [-0.4, -0.2) is 11.5 Å².